The van der Waals surface area contributed by atoms with Crippen molar-refractivity contribution in [3.05, 3.63) is 11.8 Å². The van der Waals surface area contributed by atoms with Gasteiger partial charge in [0.2, 0.25) is 0 Å². The summed E-state index contributed by atoms with van der Waals surface area (Å²) in [5.41, 5.74) is 0.0813. The Hall–Kier alpha value is -1.58. The molecule has 0 bridgehead atoms. The fourth-order valence-electron chi connectivity index (χ4n) is 1.92. The molecule has 1 unspecified atom stereocenters. The lowest BCUT2D eigenvalue weighted by atomic mass is 10.2. The van der Waals surface area contributed by atoms with E-state index in [2.05, 4.69) is 10.6 Å². The van der Waals surface area contributed by atoms with E-state index in [0.717, 1.165) is 25.9 Å². The van der Waals surface area contributed by atoms with Crippen molar-refractivity contribution in [2.45, 2.75) is 45.3 Å². The maximum atomic E-state index is 11.8. The molecule has 1 saturated heterocycles. The summed E-state index contributed by atoms with van der Waals surface area (Å²) >= 11 is 0. The number of hydrogen-bond acceptors (Lipinski definition) is 5. The minimum atomic E-state index is -0.362. The molecule has 6 heteroatoms. The summed E-state index contributed by atoms with van der Waals surface area (Å²) in [4.78, 5) is 11.8. The molecule has 0 aromatic heterocycles. The van der Waals surface area contributed by atoms with E-state index in [1.54, 1.807) is 0 Å². The van der Waals surface area contributed by atoms with Gasteiger partial charge >= 0.3 is 0 Å². The van der Waals surface area contributed by atoms with Gasteiger partial charge in [-0.25, -0.2) is 0 Å². The quantitative estimate of drug-likeness (QED) is 0.378. The maximum Gasteiger partial charge on any atom is 0.263 e. The highest BCUT2D eigenvalue weighted by Crippen LogP contribution is 2.10. The molecule has 1 amide bonds. The Morgan fingerprint density at radius 2 is 2.38 bits per heavy atom. The smallest absolute Gasteiger partial charge is 0.263 e. The van der Waals surface area contributed by atoms with Gasteiger partial charge in [0, 0.05) is 32.5 Å². The first kappa shape index (κ1) is 17.5. The number of hydrogen-bond donors (Lipinski definition) is 2. The van der Waals surface area contributed by atoms with E-state index < -0.39 is 0 Å². The van der Waals surface area contributed by atoms with Crippen molar-refractivity contribution in [2.75, 3.05) is 26.3 Å². The van der Waals surface area contributed by atoms with Crippen molar-refractivity contribution < 1.29 is 14.3 Å². The fourth-order valence-corrected chi connectivity index (χ4v) is 1.92. The fraction of sp³-hybridized carbons (Fsp3) is 0.733. The SMILES string of the molecule is CC(C)OCCCN/C=C(/C#N)C(=O)NCC1CCCO1. The van der Waals surface area contributed by atoms with Crippen molar-refractivity contribution in [2.24, 2.45) is 0 Å². The van der Waals surface area contributed by atoms with Crippen LogP contribution in [0.2, 0.25) is 0 Å². The van der Waals surface area contributed by atoms with Gasteiger partial charge in [-0.2, -0.15) is 5.26 Å². The maximum absolute atomic E-state index is 11.8. The van der Waals surface area contributed by atoms with Crippen LogP contribution in [0.3, 0.4) is 0 Å². The van der Waals surface area contributed by atoms with Gasteiger partial charge in [0.1, 0.15) is 11.6 Å². The topological polar surface area (TPSA) is 83.4 Å². The first-order chi connectivity index (χ1) is 10.1. The highest BCUT2D eigenvalue weighted by atomic mass is 16.5. The third-order valence-electron chi connectivity index (χ3n) is 3.04. The molecule has 1 aliphatic rings. The Bertz CT molecular complexity index is 382. The van der Waals surface area contributed by atoms with Crippen LogP contribution in [0, 0.1) is 11.3 Å². The highest BCUT2D eigenvalue weighted by Gasteiger charge is 2.17. The van der Waals surface area contributed by atoms with E-state index in [1.807, 2.05) is 19.9 Å². The average molecular weight is 295 g/mol. The first-order valence-corrected chi connectivity index (χ1v) is 7.48. The van der Waals surface area contributed by atoms with E-state index in [0.29, 0.717) is 19.7 Å². The molecule has 0 aromatic carbocycles. The Morgan fingerprint density at radius 3 is 3.00 bits per heavy atom. The molecule has 1 atom stereocenters. The van der Waals surface area contributed by atoms with Gasteiger partial charge in [0.15, 0.2) is 0 Å². The molecule has 21 heavy (non-hydrogen) atoms. The predicted octanol–water partition coefficient (Wildman–Crippen LogP) is 1.09. The van der Waals surface area contributed by atoms with Crippen LogP contribution < -0.4 is 10.6 Å². The van der Waals surface area contributed by atoms with Gasteiger partial charge in [-0.15, -0.1) is 0 Å². The number of ether oxygens (including phenoxy) is 2. The standard InChI is InChI=1S/C15H25N3O3/c1-12(2)20-8-4-6-17-10-13(9-16)15(19)18-11-14-5-3-7-21-14/h10,12,14,17H,3-8,11H2,1-2H3,(H,18,19)/b13-10-. The average Bonchev–Trinajstić information content (AvgIpc) is 2.97. The molecule has 2 N–H and O–H groups in total. The number of rotatable bonds is 9. The van der Waals surface area contributed by atoms with Crippen LogP contribution in [0.15, 0.2) is 11.8 Å². The third-order valence-corrected chi connectivity index (χ3v) is 3.04. The van der Waals surface area contributed by atoms with Crippen molar-refractivity contribution in [1.82, 2.24) is 10.6 Å². The minimum absolute atomic E-state index is 0.0787. The molecule has 0 spiro atoms. The van der Waals surface area contributed by atoms with Crippen LogP contribution in [-0.2, 0) is 14.3 Å². The lowest BCUT2D eigenvalue weighted by molar-refractivity contribution is -0.117. The second kappa shape index (κ2) is 10.2. The second-order valence-electron chi connectivity index (χ2n) is 5.24. The molecule has 0 aliphatic carbocycles. The zero-order valence-corrected chi connectivity index (χ0v) is 12.9. The van der Waals surface area contributed by atoms with Crippen molar-refractivity contribution >= 4 is 5.91 Å². The molecular formula is C15H25N3O3. The Morgan fingerprint density at radius 1 is 1.57 bits per heavy atom. The lowest BCUT2D eigenvalue weighted by Crippen LogP contribution is -2.33. The number of nitriles is 1. The number of nitrogens with one attached hydrogen (secondary N) is 2. The van der Waals surface area contributed by atoms with Crippen molar-refractivity contribution in [3.63, 3.8) is 0 Å². The Kier molecular flexibility index (Phi) is 8.48. The Balaban J connectivity index is 2.20. The van der Waals surface area contributed by atoms with E-state index in [4.69, 9.17) is 14.7 Å². The zero-order valence-electron chi connectivity index (χ0n) is 12.9. The van der Waals surface area contributed by atoms with Gasteiger partial charge in [0.25, 0.3) is 5.91 Å². The minimum Gasteiger partial charge on any atom is -0.390 e. The van der Waals surface area contributed by atoms with Crippen LogP contribution in [0.25, 0.3) is 0 Å². The van der Waals surface area contributed by atoms with Crippen molar-refractivity contribution in [1.29, 1.82) is 5.26 Å². The summed E-state index contributed by atoms with van der Waals surface area (Å²) in [6, 6.07) is 1.90. The molecular weight excluding hydrogens is 270 g/mol. The van der Waals surface area contributed by atoms with Crippen LogP contribution in [0.5, 0.6) is 0 Å². The predicted molar refractivity (Wildman–Crippen MR) is 79.4 cm³/mol. The highest BCUT2D eigenvalue weighted by molar-refractivity contribution is 5.97. The van der Waals surface area contributed by atoms with Gasteiger partial charge in [-0.3, -0.25) is 4.79 Å². The second-order valence-corrected chi connectivity index (χ2v) is 5.24. The molecule has 0 aromatic rings. The molecule has 1 heterocycles. The van der Waals surface area contributed by atoms with Gasteiger partial charge in [0.05, 0.1) is 12.2 Å². The molecule has 6 nitrogen and oxygen atoms in total. The monoisotopic (exact) mass is 295 g/mol. The van der Waals surface area contributed by atoms with E-state index >= 15 is 0 Å². The first-order valence-electron chi connectivity index (χ1n) is 7.48. The molecule has 118 valence electrons. The number of carbonyl (C=O) groups excluding carboxylic acids is 1. The third kappa shape index (κ3) is 7.69. The summed E-state index contributed by atoms with van der Waals surface area (Å²) in [5, 5.41) is 14.7. The molecule has 1 aliphatic heterocycles. The van der Waals surface area contributed by atoms with Crippen molar-refractivity contribution in [3.8, 4) is 6.07 Å². The summed E-state index contributed by atoms with van der Waals surface area (Å²) < 4.78 is 10.8. The Labute approximate surface area is 126 Å². The van der Waals surface area contributed by atoms with Gasteiger partial charge in [-0.05, 0) is 33.1 Å². The summed E-state index contributed by atoms with van der Waals surface area (Å²) in [5.74, 6) is -0.362. The molecule has 1 fully saturated rings. The van der Waals surface area contributed by atoms with Crippen LogP contribution in [0.1, 0.15) is 33.1 Å². The summed E-state index contributed by atoms with van der Waals surface area (Å²) in [7, 11) is 0. The van der Waals surface area contributed by atoms with E-state index in [1.165, 1.54) is 6.20 Å². The van der Waals surface area contributed by atoms with Gasteiger partial charge < -0.3 is 20.1 Å². The molecule has 1 rings (SSSR count). The number of carbonyl (C=O) groups is 1. The largest absolute Gasteiger partial charge is 0.390 e. The summed E-state index contributed by atoms with van der Waals surface area (Å²) in [6.07, 6.45) is 4.57. The van der Waals surface area contributed by atoms with Crippen LogP contribution in [-0.4, -0.2) is 44.4 Å². The van der Waals surface area contributed by atoms with Gasteiger partial charge in [-0.1, -0.05) is 0 Å². The normalized spacial score (nSPS) is 18.6. The number of nitrogens with zero attached hydrogens (tertiary/aromatic N) is 1. The molecule has 0 saturated carbocycles. The zero-order chi connectivity index (χ0) is 15.5. The van der Waals surface area contributed by atoms with Crippen LogP contribution >= 0.6 is 0 Å². The van der Waals surface area contributed by atoms with E-state index in [9.17, 15) is 4.79 Å². The van der Waals surface area contributed by atoms with E-state index in [-0.39, 0.29) is 23.7 Å². The molecule has 0 radical (unpaired) electrons. The lowest BCUT2D eigenvalue weighted by Gasteiger charge is -2.10. The number of amides is 1. The van der Waals surface area contributed by atoms with Crippen LogP contribution in [0.4, 0.5) is 0 Å². The summed E-state index contributed by atoms with van der Waals surface area (Å²) in [6.45, 7) is 6.50.